The van der Waals surface area contributed by atoms with Crippen LogP contribution in [0, 0.1) is 0 Å². The first-order chi connectivity index (χ1) is 11.8. The van der Waals surface area contributed by atoms with E-state index in [1.165, 1.54) is 6.42 Å². The van der Waals surface area contributed by atoms with E-state index in [1.807, 2.05) is 60.7 Å². The molecule has 3 nitrogen and oxygen atoms in total. The van der Waals surface area contributed by atoms with E-state index in [2.05, 4.69) is 4.90 Å². The van der Waals surface area contributed by atoms with E-state index in [4.69, 9.17) is 4.99 Å². The fourth-order valence-electron chi connectivity index (χ4n) is 3.42. The topological polar surface area (TPSA) is 32.7 Å². The fourth-order valence-corrected chi connectivity index (χ4v) is 3.42. The van der Waals surface area contributed by atoms with Gasteiger partial charge in [-0.25, -0.2) is 4.99 Å². The van der Waals surface area contributed by atoms with Crippen molar-refractivity contribution in [3.8, 4) is 0 Å². The number of carbonyl (C=O) groups excluding carboxylic acids is 1. The second-order valence-corrected chi connectivity index (χ2v) is 6.28. The van der Waals surface area contributed by atoms with Crippen LogP contribution in [0.2, 0.25) is 0 Å². The minimum atomic E-state index is 0.125. The number of likely N-dealkylation sites (tertiary alicyclic amines) is 1. The summed E-state index contributed by atoms with van der Waals surface area (Å²) in [4.78, 5) is 20.0. The second kappa shape index (κ2) is 6.44. The number of benzene rings is 2. The lowest BCUT2D eigenvalue weighted by atomic mass is 9.90. The lowest BCUT2D eigenvalue weighted by Crippen LogP contribution is -2.35. The van der Waals surface area contributed by atoms with E-state index in [-0.39, 0.29) is 5.78 Å². The summed E-state index contributed by atoms with van der Waals surface area (Å²) in [6.45, 7) is 1.91. The van der Waals surface area contributed by atoms with E-state index in [1.54, 1.807) is 0 Å². The third-order valence-corrected chi connectivity index (χ3v) is 4.66. The number of hydrogen-bond acceptors (Lipinski definition) is 3. The Hall–Kier alpha value is -2.68. The number of piperidine rings is 1. The van der Waals surface area contributed by atoms with Crippen molar-refractivity contribution < 1.29 is 4.79 Å². The largest absolute Gasteiger partial charge is 0.368 e. The molecule has 0 bridgehead atoms. The van der Waals surface area contributed by atoms with Gasteiger partial charge in [-0.05, 0) is 37.5 Å². The first-order valence-electron chi connectivity index (χ1n) is 8.57. The normalized spacial score (nSPS) is 19.2. The maximum Gasteiger partial charge on any atom is 0.209 e. The number of Topliss-reactive ketones (excluding diaryl/α,β-unsaturated/α-hetero) is 1. The van der Waals surface area contributed by atoms with Crippen LogP contribution in [-0.2, 0) is 0 Å². The number of allylic oxidation sites excluding steroid dienone is 2. The minimum Gasteiger partial charge on any atom is -0.368 e. The van der Waals surface area contributed by atoms with Gasteiger partial charge in [-0.1, -0.05) is 42.5 Å². The summed E-state index contributed by atoms with van der Waals surface area (Å²) < 4.78 is 0. The third kappa shape index (κ3) is 2.78. The zero-order valence-corrected chi connectivity index (χ0v) is 13.6. The molecular formula is C21H20N2O. The number of para-hydroxylation sites is 1. The van der Waals surface area contributed by atoms with Gasteiger partial charge in [0.25, 0.3) is 0 Å². The monoisotopic (exact) mass is 316 g/mol. The number of nitrogens with zero attached hydrogens (tertiary/aromatic N) is 2. The van der Waals surface area contributed by atoms with Crippen molar-refractivity contribution in [2.24, 2.45) is 4.99 Å². The van der Waals surface area contributed by atoms with Crippen LogP contribution in [0.5, 0.6) is 0 Å². The van der Waals surface area contributed by atoms with Crippen LogP contribution in [0.3, 0.4) is 0 Å². The lowest BCUT2D eigenvalue weighted by Gasteiger charge is -2.32. The number of ketones is 1. The summed E-state index contributed by atoms with van der Waals surface area (Å²) in [5.74, 6) is 0.125. The van der Waals surface area contributed by atoms with Crippen LogP contribution in [0.15, 0.2) is 71.4 Å². The molecule has 0 unspecified atom stereocenters. The Morgan fingerprint density at radius 3 is 2.21 bits per heavy atom. The molecule has 0 aromatic heterocycles. The molecule has 1 saturated heterocycles. The molecule has 3 heteroatoms. The highest BCUT2D eigenvalue weighted by atomic mass is 16.1. The van der Waals surface area contributed by atoms with Crippen molar-refractivity contribution in [2.75, 3.05) is 13.1 Å². The summed E-state index contributed by atoms with van der Waals surface area (Å²) in [6, 6.07) is 17.7. The highest BCUT2D eigenvalue weighted by Gasteiger charge is 2.28. The van der Waals surface area contributed by atoms with E-state index >= 15 is 0 Å². The molecule has 0 spiro atoms. The zero-order chi connectivity index (χ0) is 16.4. The van der Waals surface area contributed by atoms with Crippen LogP contribution >= 0.6 is 0 Å². The average Bonchev–Trinajstić information content (AvgIpc) is 2.66. The molecule has 0 saturated carbocycles. The molecule has 120 valence electrons. The van der Waals surface area contributed by atoms with Gasteiger partial charge in [-0.3, -0.25) is 4.79 Å². The highest BCUT2D eigenvalue weighted by molar-refractivity contribution is 6.26. The molecule has 2 aromatic carbocycles. The molecule has 2 aromatic rings. The van der Waals surface area contributed by atoms with Gasteiger partial charge in [-0.15, -0.1) is 0 Å². The fraction of sp³-hybridized carbons (Fsp3) is 0.238. The highest BCUT2D eigenvalue weighted by Crippen LogP contribution is 2.27. The average molecular weight is 316 g/mol. The third-order valence-electron chi connectivity index (χ3n) is 4.66. The molecule has 0 radical (unpaired) electrons. The van der Waals surface area contributed by atoms with Gasteiger partial charge in [-0.2, -0.15) is 0 Å². The molecule has 24 heavy (non-hydrogen) atoms. The molecule has 2 aliphatic rings. The summed E-state index contributed by atoms with van der Waals surface area (Å²) >= 11 is 0. The van der Waals surface area contributed by atoms with Crippen molar-refractivity contribution in [2.45, 2.75) is 19.3 Å². The molecule has 1 heterocycles. The molecule has 0 N–H and O–H groups in total. The van der Waals surface area contributed by atoms with Crippen LogP contribution in [0.25, 0.3) is 0 Å². The van der Waals surface area contributed by atoms with Crippen LogP contribution < -0.4 is 0 Å². The number of aliphatic imine (C=N–C) groups is 1. The number of hydrogen-bond donors (Lipinski definition) is 0. The smallest absolute Gasteiger partial charge is 0.209 e. The number of fused-ring (bicyclic) bond motifs is 1. The quantitative estimate of drug-likeness (QED) is 0.824. The van der Waals surface area contributed by atoms with E-state index in [9.17, 15) is 4.79 Å². The summed E-state index contributed by atoms with van der Waals surface area (Å²) in [7, 11) is 0. The molecule has 0 amide bonds. The molecular weight excluding hydrogens is 296 g/mol. The number of carbonyl (C=O) groups is 1. The minimum absolute atomic E-state index is 0.125. The molecule has 0 atom stereocenters. The van der Waals surface area contributed by atoms with Crippen molar-refractivity contribution in [3.05, 3.63) is 77.5 Å². The zero-order valence-electron chi connectivity index (χ0n) is 13.6. The van der Waals surface area contributed by atoms with Crippen LogP contribution in [0.1, 0.15) is 35.2 Å². The Balaban J connectivity index is 1.81. The molecule has 1 aliphatic heterocycles. The number of rotatable bonds is 2. The van der Waals surface area contributed by atoms with Gasteiger partial charge < -0.3 is 4.90 Å². The van der Waals surface area contributed by atoms with Gasteiger partial charge in [0.05, 0.1) is 17.1 Å². The van der Waals surface area contributed by atoms with Crippen molar-refractivity contribution >= 4 is 17.2 Å². The van der Waals surface area contributed by atoms with Gasteiger partial charge in [0.15, 0.2) is 0 Å². The Morgan fingerprint density at radius 1 is 0.792 bits per heavy atom. The van der Waals surface area contributed by atoms with Crippen molar-refractivity contribution in [1.29, 1.82) is 0 Å². The Kier molecular flexibility index (Phi) is 3.99. The predicted octanol–water partition coefficient (Wildman–Crippen LogP) is 4.37. The summed E-state index contributed by atoms with van der Waals surface area (Å²) in [5, 5.41) is 0. The summed E-state index contributed by atoms with van der Waals surface area (Å²) in [5.41, 5.74) is 4.26. The van der Waals surface area contributed by atoms with Gasteiger partial charge in [0.2, 0.25) is 5.78 Å². The van der Waals surface area contributed by atoms with Gasteiger partial charge in [0.1, 0.15) is 0 Å². The molecule has 4 rings (SSSR count). The first-order valence-corrected chi connectivity index (χ1v) is 8.57. The van der Waals surface area contributed by atoms with Crippen LogP contribution in [-0.4, -0.2) is 29.5 Å². The Morgan fingerprint density at radius 2 is 1.46 bits per heavy atom. The van der Waals surface area contributed by atoms with Crippen molar-refractivity contribution in [3.63, 3.8) is 0 Å². The predicted molar refractivity (Wildman–Crippen MR) is 96.9 cm³/mol. The van der Waals surface area contributed by atoms with E-state index < -0.39 is 0 Å². The molecule has 1 fully saturated rings. The van der Waals surface area contributed by atoms with Gasteiger partial charge in [0, 0.05) is 24.2 Å². The van der Waals surface area contributed by atoms with E-state index in [0.717, 1.165) is 54.2 Å². The molecule has 1 aliphatic carbocycles. The van der Waals surface area contributed by atoms with Crippen molar-refractivity contribution in [1.82, 2.24) is 4.90 Å². The standard InChI is InChI=1S/C21H20N2O/c24-21-18-12-6-5-11-17(18)19(22-16-9-3-1-4-10-16)15-20(21)23-13-7-2-8-14-23/h1,3-6,9-12,15H,2,7-8,13-14H2. The summed E-state index contributed by atoms with van der Waals surface area (Å²) in [6.07, 6.45) is 5.53. The Labute approximate surface area is 142 Å². The van der Waals surface area contributed by atoms with Crippen LogP contribution in [0.4, 0.5) is 5.69 Å². The van der Waals surface area contributed by atoms with E-state index in [0.29, 0.717) is 0 Å². The Bertz CT molecular complexity index is 815. The lowest BCUT2D eigenvalue weighted by molar-refractivity contribution is 0.0982. The first kappa shape index (κ1) is 14.9. The SMILES string of the molecule is O=C1C(N2CCCCC2)=CC(=Nc2ccccc2)c2ccccc21. The maximum atomic E-state index is 12.9. The maximum absolute atomic E-state index is 12.9. The van der Waals surface area contributed by atoms with Gasteiger partial charge >= 0.3 is 0 Å². The second-order valence-electron chi connectivity index (χ2n) is 6.28.